The minimum atomic E-state index is -0.900. The third-order valence-corrected chi connectivity index (χ3v) is 5.44. The largest absolute Gasteiger partial charge is 0.463 e. The summed E-state index contributed by atoms with van der Waals surface area (Å²) in [6.45, 7) is 3.42. The van der Waals surface area contributed by atoms with Crippen molar-refractivity contribution >= 4 is 28.9 Å². The number of thiazole rings is 1. The van der Waals surface area contributed by atoms with Gasteiger partial charge in [-0.15, -0.1) is 11.3 Å². The van der Waals surface area contributed by atoms with Crippen LogP contribution in [0.15, 0.2) is 60.0 Å². The quantitative estimate of drug-likeness (QED) is 0.291. The predicted molar refractivity (Wildman–Crippen MR) is 121 cm³/mol. The highest BCUT2D eigenvalue weighted by atomic mass is 32.1. The van der Waals surface area contributed by atoms with Crippen molar-refractivity contribution in [3.8, 4) is 10.6 Å². The lowest BCUT2D eigenvalue weighted by molar-refractivity contribution is -0.385. The minimum absolute atomic E-state index is 0.0142. The maximum Gasteiger partial charge on any atom is 0.308 e. The monoisotopic (exact) mass is 453 g/mol. The molecule has 1 unspecified atom stereocenters. The highest BCUT2D eigenvalue weighted by Gasteiger charge is 2.26. The van der Waals surface area contributed by atoms with E-state index in [9.17, 15) is 19.7 Å². The Balaban J connectivity index is 1.77. The van der Waals surface area contributed by atoms with E-state index in [0.717, 1.165) is 10.6 Å². The molecule has 9 heteroatoms. The number of nitrogens with zero attached hydrogens (tertiary/aromatic N) is 2. The highest BCUT2D eigenvalue weighted by Crippen LogP contribution is 2.28. The molecule has 1 amide bonds. The van der Waals surface area contributed by atoms with Crippen LogP contribution in [0.25, 0.3) is 10.6 Å². The van der Waals surface area contributed by atoms with Crippen molar-refractivity contribution in [3.05, 3.63) is 81.3 Å². The van der Waals surface area contributed by atoms with Crippen molar-refractivity contribution in [1.29, 1.82) is 0 Å². The smallest absolute Gasteiger partial charge is 0.308 e. The number of carbonyl (C=O) groups excluding carboxylic acids is 2. The van der Waals surface area contributed by atoms with Crippen LogP contribution in [-0.4, -0.2) is 27.9 Å². The molecular weight excluding hydrogens is 430 g/mol. The van der Waals surface area contributed by atoms with E-state index in [1.165, 1.54) is 29.5 Å². The maximum atomic E-state index is 12.8. The fourth-order valence-corrected chi connectivity index (χ4v) is 4.00. The van der Waals surface area contributed by atoms with Crippen molar-refractivity contribution < 1.29 is 19.2 Å². The van der Waals surface area contributed by atoms with Gasteiger partial charge in [-0.25, -0.2) is 4.98 Å². The van der Waals surface area contributed by atoms with Crippen LogP contribution >= 0.6 is 11.3 Å². The average molecular weight is 454 g/mol. The standard InChI is InChI=1S/C23H23N3O5S/c1-15(2)31-22(28)13-19(18-10-6-7-11-20(18)26(29)30)25-21(27)12-17-14-32-23(24-17)16-8-4-3-5-9-16/h3-11,14-15,19H,12-13H2,1-2H3,(H,25,27). The summed E-state index contributed by atoms with van der Waals surface area (Å²) >= 11 is 1.43. The molecule has 166 valence electrons. The van der Waals surface area contributed by atoms with Gasteiger partial charge in [-0.05, 0) is 13.8 Å². The first-order chi connectivity index (χ1) is 15.3. The fourth-order valence-electron chi connectivity index (χ4n) is 3.18. The molecule has 1 atom stereocenters. The van der Waals surface area contributed by atoms with E-state index < -0.39 is 22.8 Å². The Kier molecular flexibility index (Phi) is 7.67. The van der Waals surface area contributed by atoms with Gasteiger partial charge >= 0.3 is 5.97 Å². The average Bonchev–Trinajstić information content (AvgIpc) is 3.21. The normalized spacial score (nSPS) is 11.7. The number of nitrogens with one attached hydrogen (secondary N) is 1. The number of benzene rings is 2. The first-order valence-corrected chi connectivity index (χ1v) is 10.9. The predicted octanol–water partition coefficient (Wildman–Crippen LogP) is 4.46. The van der Waals surface area contributed by atoms with Gasteiger partial charge in [0.25, 0.3) is 5.69 Å². The third kappa shape index (κ3) is 6.21. The Morgan fingerprint density at radius 1 is 1.12 bits per heavy atom. The van der Waals surface area contributed by atoms with Crippen LogP contribution in [0.1, 0.15) is 37.6 Å². The zero-order valence-electron chi connectivity index (χ0n) is 17.7. The van der Waals surface area contributed by atoms with Gasteiger partial charge in [0.1, 0.15) is 5.01 Å². The summed E-state index contributed by atoms with van der Waals surface area (Å²) in [7, 11) is 0. The molecule has 0 aliphatic carbocycles. The summed E-state index contributed by atoms with van der Waals surface area (Å²) in [6.07, 6.45) is -0.572. The van der Waals surface area contributed by atoms with Crippen LogP contribution in [0, 0.1) is 10.1 Å². The van der Waals surface area contributed by atoms with E-state index in [1.54, 1.807) is 25.3 Å². The molecule has 0 radical (unpaired) electrons. The van der Waals surface area contributed by atoms with Crippen molar-refractivity contribution in [2.45, 2.75) is 38.8 Å². The van der Waals surface area contributed by atoms with Crippen LogP contribution in [0.5, 0.6) is 0 Å². The first-order valence-electron chi connectivity index (χ1n) is 10.1. The van der Waals surface area contributed by atoms with Gasteiger partial charge in [0.15, 0.2) is 0 Å². The van der Waals surface area contributed by atoms with Gasteiger partial charge in [0.2, 0.25) is 5.91 Å². The highest BCUT2D eigenvalue weighted by molar-refractivity contribution is 7.13. The van der Waals surface area contributed by atoms with E-state index in [-0.39, 0.29) is 30.2 Å². The summed E-state index contributed by atoms with van der Waals surface area (Å²) in [5, 5.41) is 16.8. The zero-order chi connectivity index (χ0) is 23.1. The molecule has 3 aromatic rings. The van der Waals surface area contributed by atoms with Crippen molar-refractivity contribution in [2.75, 3.05) is 0 Å². The molecule has 3 rings (SSSR count). The Bertz CT molecular complexity index is 1100. The Morgan fingerprint density at radius 3 is 2.50 bits per heavy atom. The number of hydrogen-bond donors (Lipinski definition) is 1. The topological polar surface area (TPSA) is 111 Å². The number of ether oxygens (including phenoxy) is 1. The number of esters is 1. The number of rotatable bonds is 9. The lowest BCUT2D eigenvalue weighted by Gasteiger charge is -2.19. The number of carbonyl (C=O) groups is 2. The Hall–Kier alpha value is -3.59. The second-order valence-corrected chi connectivity index (χ2v) is 8.22. The second kappa shape index (κ2) is 10.6. The first kappa shape index (κ1) is 23.1. The Labute approximate surface area is 189 Å². The van der Waals surface area contributed by atoms with Gasteiger partial charge in [-0.3, -0.25) is 19.7 Å². The lowest BCUT2D eigenvalue weighted by atomic mass is 10.0. The van der Waals surface area contributed by atoms with Crippen LogP contribution in [0.2, 0.25) is 0 Å². The number of amides is 1. The van der Waals surface area contributed by atoms with E-state index in [1.807, 2.05) is 30.3 Å². The van der Waals surface area contributed by atoms with Crippen molar-refractivity contribution in [1.82, 2.24) is 10.3 Å². The van der Waals surface area contributed by atoms with Crippen LogP contribution < -0.4 is 5.32 Å². The third-order valence-electron chi connectivity index (χ3n) is 4.50. The lowest BCUT2D eigenvalue weighted by Crippen LogP contribution is -2.32. The number of nitro groups is 1. The molecule has 0 saturated carbocycles. The van der Waals surface area contributed by atoms with E-state index >= 15 is 0 Å². The van der Waals surface area contributed by atoms with Crippen LogP contribution in [0.4, 0.5) is 5.69 Å². The van der Waals surface area contributed by atoms with Crippen LogP contribution in [0.3, 0.4) is 0 Å². The molecule has 1 heterocycles. The molecule has 0 saturated heterocycles. The summed E-state index contributed by atoms with van der Waals surface area (Å²) in [4.78, 5) is 40.5. The fraction of sp³-hybridized carbons (Fsp3) is 0.261. The van der Waals surface area contributed by atoms with Crippen molar-refractivity contribution in [2.24, 2.45) is 0 Å². The molecule has 2 aromatic carbocycles. The van der Waals surface area contributed by atoms with Gasteiger partial charge in [0.05, 0.1) is 41.2 Å². The van der Waals surface area contributed by atoms with E-state index in [2.05, 4.69) is 10.3 Å². The maximum absolute atomic E-state index is 12.8. The van der Waals surface area contributed by atoms with Gasteiger partial charge in [-0.1, -0.05) is 48.5 Å². The molecular formula is C23H23N3O5S. The molecule has 0 aliphatic heterocycles. The summed E-state index contributed by atoms with van der Waals surface area (Å²) in [6, 6.07) is 14.8. The summed E-state index contributed by atoms with van der Waals surface area (Å²) in [5.41, 5.74) is 1.61. The molecule has 0 fully saturated rings. The number of hydrogen-bond acceptors (Lipinski definition) is 7. The second-order valence-electron chi connectivity index (χ2n) is 7.37. The Morgan fingerprint density at radius 2 is 1.81 bits per heavy atom. The van der Waals surface area contributed by atoms with E-state index in [4.69, 9.17) is 4.74 Å². The summed E-state index contributed by atoms with van der Waals surface area (Å²) in [5.74, 6) is -0.945. The summed E-state index contributed by atoms with van der Waals surface area (Å²) < 4.78 is 5.18. The molecule has 8 nitrogen and oxygen atoms in total. The molecule has 1 N–H and O–H groups in total. The van der Waals surface area contributed by atoms with Gasteiger partial charge in [-0.2, -0.15) is 0 Å². The number of nitro benzene ring substituents is 1. The van der Waals surface area contributed by atoms with Crippen molar-refractivity contribution in [3.63, 3.8) is 0 Å². The van der Waals surface area contributed by atoms with Gasteiger partial charge < -0.3 is 10.1 Å². The van der Waals surface area contributed by atoms with Crippen LogP contribution in [-0.2, 0) is 20.7 Å². The van der Waals surface area contributed by atoms with Gasteiger partial charge in [0, 0.05) is 17.0 Å². The number of aromatic nitrogens is 1. The molecule has 32 heavy (non-hydrogen) atoms. The number of para-hydroxylation sites is 1. The SMILES string of the molecule is CC(C)OC(=O)CC(NC(=O)Cc1csc(-c2ccccc2)n1)c1ccccc1[N+](=O)[O-]. The molecule has 0 aliphatic rings. The molecule has 1 aromatic heterocycles. The molecule has 0 bridgehead atoms. The van der Waals surface area contributed by atoms with E-state index in [0.29, 0.717) is 5.69 Å². The molecule has 0 spiro atoms. The zero-order valence-corrected chi connectivity index (χ0v) is 18.5. The minimum Gasteiger partial charge on any atom is -0.463 e.